The number of benzene rings is 2. The molecule has 4 aromatic rings. The lowest BCUT2D eigenvalue weighted by molar-refractivity contribution is -0.277. The summed E-state index contributed by atoms with van der Waals surface area (Å²) in [6.45, 7) is -0.667. The first kappa shape index (κ1) is 23.0. The fourth-order valence-corrected chi connectivity index (χ4v) is 4.10. The van der Waals surface area contributed by atoms with Gasteiger partial charge in [0.2, 0.25) is 6.29 Å². The predicted octanol–water partition coefficient (Wildman–Crippen LogP) is 0.451. The number of ether oxygens (including phenoxy) is 2. The largest absolute Gasteiger partial charge is 0.507 e. The van der Waals surface area contributed by atoms with Crippen LogP contribution in [-0.4, -0.2) is 62.8 Å². The summed E-state index contributed by atoms with van der Waals surface area (Å²) in [7, 11) is 0. The molecule has 35 heavy (non-hydrogen) atoms. The molecule has 0 spiro atoms. The van der Waals surface area contributed by atoms with Crippen LogP contribution in [0.3, 0.4) is 0 Å². The number of phenols is 1. The lowest BCUT2D eigenvalue weighted by Gasteiger charge is -2.39. The Labute approximate surface area is 195 Å². The second kappa shape index (κ2) is 8.80. The Morgan fingerprint density at radius 3 is 1.94 bits per heavy atom. The third-order valence-corrected chi connectivity index (χ3v) is 5.86. The molecule has 5 N–H and O–H groups in total. The number of aliphatic hydroxyl groups excluding tert-OH is 4. The van der Waals surface area contributed by atoms with Gasteiger partial charge in [0, 0.05) is 22.9 Å². The van der Waals surface area contributed by atoms with Gasteiger partial charge in [-0.15, -0.1) is 0 Å². The van der Waals surface area contributed by atoms with Crippen LogP contribution in [0.5, 0.6) is 11.5 Å². The van der Waals surface area contributed by atoms with Gasteiger partial charge in [-0.3, -0.25) is 0 Å². The SMILES string of the molecule is O=c1ccc2ccc(O)c(-c3c(O[C@@H]4OC(CO)[C@@H](O)C(O)C4O)ccc4ccc(=O)oc34)c2o1. The van der Waals surface area contributed by atoms with Gasteiger partial charge >= 0.3 is 11.3 Å². The van der Waals surface area contributed by atoms with Crippen molar-refractivity contribution in [1.29, 1.82) is 0 Å². The molecule has 3 heterocycles. The van der Waals surface area contributed by atoms with Crippen LogP contribution in [0.2, 0.25) is 0 Å². The van der Waals surface area contributed by atoms with Gasteiger partial charge in [-0.05, 0) is 36.4 Å². The zero-order chi connectivity index (χ0) is 24.9. The number of hydrogen-bond acceptors (Lipinski definition) is 11. The summed E-state index contributed by atoms with van der Waals surface area (Å²) in [5.74, 6) is -0.407. The van der Waals surface area contributed by atoms with Crippen molar-refractivity contribution in [3.63, 3.8) is 0 Å². The summed E-state index contributed by atoms with van der Waals surface area (Å²) < 4.78 is 22.1. The molecule has 5 rings (SSSR count). The van der Waals surface area contributed by atoms with Crippen molar-refractivity contribution < 1.29 is 43.8 Å². The molecule has 1 fully saturated rings. The van der Waals surface area contributed by atoms with Crippen LogP contribution >= 0.6 is 0 Å². The maximum atomic E-state index is 12.1. The van der Waals surface area contributed by atoms with Crippen LogP contribution in [0.15, 0.2) is 67.0 Å². The van der Waals surface area contributed by atoms with Crippen molar-refractivity contribution in [2.24, 2.45) is 0 Å². The van der Waals surface area contributed by atoms with Gasteiger partial charge in [-0.25, -0.2) is 9.59 Å². The molecular weight excluding hydrogens is 464 g/mol. The van der Waals surface area contributed by atoms with Crippen LogP contribution in [0.1, 0.15) is 0 Å². The quantitative estimate of drug-likeness (QED) is 0.254. The Kier molecular flexibility index (Phi) is 5.79. The third-order valence-electron chi connectivity index (χ3n) is 5.86. The van der Waals surface area contributed by atoms with Gasteiger partial charge in [-0.2, -0.15) is 0 Å². The maximum absolute atomic E-state index is 12.1. The van der Waals surface area contributed by atoms with Crippen molar-refractivity contribution >= 4 is 21.9 Å². The number of hydrogen-bond donors (Lipinski definition) is 5. The molecule has 1 saturated heterocycles. The number of phenolic OH excluding ortho intramolecular Hbond substituents is 1. The fourth-order valence-electron chi connectivity index (χ4n) is 4.10. The molecule has 1 aliphatic heterocycles. The molecule has 0 amide bonds. The van der Waals surface area contributed by atoms with Crippen LogP contribution in [0, 0.1) is 0 Å². The van der Waals surface area contributed by atoms with E-state index in [-0.39, 0.29) is 33.8 Å². The summed E-state index contributed by atoms with van der Waals surface area (Å²) in [6, 6.07) is 11.2. The van der Waals surface area contributed by atoms with E-state index in [1.54, 1.807) is 6.07 Å². The predicted molar refractivity (Wildman–Crippen MR) is 120 cm³/mol. The van der Waals surface area contributed by atoms with Crippen molar-refractivity contribution in [3.8, 4) is 22.6 Å². The molecule has 1 aliphatic rings. The van der Waals surface area contributed by atoms with Gasteiger partial charge in [-0.1, -0.05) is 0 Å². The summed E-state index contributed by atoms with van der Waals surface area (Å²) in [5, 5.41) is 51.8. The fraction of sp³-hybridized carbons (Fsp3) is 0.250. The first-order valence-corrected chi connectivity index (χ1v) is 10.6. The van der Waals surface area contributed by atoms with E-state index in [0.29, 0.717) is 10.8 Å². The number of aliphatic hydroxyl groups is 4. The van der Waals surface area contributed by atoms with E-state index in [1.807, 2.05) is 0 Å². The number of aromatic hydroxyl groups is 1. The van der Waals surface area contributed by atoms with E-state index in [4.69, 9.17) is 18.3 Å². The van der Waals surface area contributed by atoms with Gasteiger partial charge in [0.05, 0.1) is 17.7 Å². The number of rotatable bonds is 4. The van der Waals surface area contributed by atoms with E-state index in [0.717, 1.165) is 0 Å². The zero-order valence-electron chi connectivity index (χ0n) is 17.9. The van der Waals surface area contributed by atoms with E-state index >= 15 is 0 Å². The molecule has 3 unspecified atom stereocenters. The Balaban J connectivity index is 1.76. The normalized spacial score (nSPS) is 24.6. The smallest absolute Gasteiger partial charge is 0.336 e. The molecule has 2 aromatic heterocycles. The number of fused-ring (bicyclic) bond motifs is 2. The molecule has 0 aliphatic carbocycles. The first-order valence-electron chi connectivity index (χ1n) is 10.6. The van der Waals surface area contributed by atoms with E-state index in [1.165, 1.54) is 42.5 Å². The topological polar surface area (TPSA) is 180 Å². The van der Waals surface area contributed by atoms with Crippen molar-refractivity contribution in [1.82, 2.24) is 0 Å². The van der Waals surface area contributed by atoms with Gasteiger partial charge < -0.3 is 43.8 Å². The van der Waals surface area contributed by atoms with Crippen LogP contribution < -0.4 is 16.0 Å². The third kappa shape index (κ3) is 3.95. The lowest BCUT2D eigenvalue weighted by atomic mass is 9.97. The Hall–Kier alpha value is -3.74. The molecule has 0 radical (unpaired) electrons. The molecular formula is C24H20O11. The average Bonchev–Trinajstić information content (AvgIpc) is 2.84. The second-order valence-electron chi connectivity index (χ2n) is 8.06. The van der Waals surface area contributed by atoms with E-state index < -0.39 is 48.6 Å². The average molecular weight is 484 g/mol. The van der Waals surface area contributed by atoms with E-state index in [2.05, 4.69) is 0 Å². The summed E-state index contributed by atoms with van der Waals surface area (Å²) in [5.41, 5.74) is -1.45. The minimum atomic E-state index is -1.72. The van der Waals surface area contributed by atoms with Gasteiger partial charge in [0.15, 0.2) is 0 Å². The summed E-state index contributed by atoms with van der Waals surface area (Å²) >= 11 is 0. The molecule has 2 aromatic carbocycles. The Morgan fingerprint density at radius 1 is 0.743 bits per heavy atom. The highest BCUT2D eigenvalue weighted by Crippen LogP contribution is 2.45. The Bertz CT molecular complexity index is 1520. The van der Waals surface area contributed by atoms with Crippen LogP contribution in [-0.2, 0) is 4.74 Å². The Morgan fingerprint density at radius 2 is 1.31 bits per heavy atom. The zero-order valence-corrected chi connectivity index (χ0v) is 17.9. The highest BCUT2D eigenvalue weighted by molar-refractivity contribution is 6.05. The molecule has 5 atom stereocenters. The summed E-state index contributed by atoms with van der Waals surface area (Å²) in [4.78, 5) is 24.1. The molecule has 11 nitrogen and oxygen atoms in total. The molecule has 0 saturated carbocycles. The minimum Gasteiger partial charge on any atom is -0.507 e. The summed E-state index contributed by atoms with van der Waals surface area (Å²) in [6.07, 6.45) is -7.82. The molecule has 182 valence electrons. The second-order valence-corrected chi connectivity index (χ2v) is 8.06. The van der Waals surface area contributed by atoms with Crippen molar-refractivity contribution in [3.05, 3.63) is 69.4 Å². The van der Waals surface area contributed by atoms with Crippen molar-refractivity contribution in [2.75, 3.05) is 6.61 Å². The van der Waals surface area contributed by atoms with Crippen LogP contribution in [0.4, 0.5) is 0 Å². The first-order chi connectivity index (χ1) is 16.8. The highest BCUT2D eigenvalue weighted by Gasteiger charge is 2.45. The van der Waals surface area contributed by atoms with Gasteiger partial charge in [0.25, 0.3) is 0 Å². The minimum absolute atomic E-state index is 0.00890. The van der Waals surface area contributed by atoms with E-state index in [9.17, 15) is 35.1 Å². The maximum Gasteiger partial charge on any atom is 0.336 e. The highest BCUT2D eigenvalue weighted by atomic mass is 16.7. The molecule has 0 bridgehead atoms. The monoisotopic (exact) mass is 484 g/mol. The van der Waals surface area contributed by atoms with Gasteiger partial charge in [0.1, 0.15) is 47.1 Å². The van der Waals surface area contributed by atoms with Crippen LogP contribution in [0.25, 0.3) is 33.1 Å². The lowest BCUT2D eigenvalue weighted by Crippen LogP contribution is -2.60. The van der Waals surface area contributed by atoms with Crippen molar-refractivity contribution in [2.45, 2.75) is 30.7 Å². The standard InChI is InChI=1S/C24H20O11/c25-9-14-19(29)20(30)21(31)24(33-14)32-13-6-2-11-4-8-16(28)35-23(11)18(13)17-12(26)5-1-10-3-7-15(27)34-22(10)17/h1-8,14,19-21,24-26,29-31H,9H2/t14?,19-,20?,21?,24-/m1/s1. The molecule has 11 heteroatoms.